The highest BCUT2D eigenvalue weighted by atomic mass is 35.5. The summed E-state index contributed by atoms with van der Waals surface area (Å²) >= 11 is 1.30. The summed E-state index contributed by atoms with van der Waals surface area (Å²) < 4.78 is 33.7. The largest absolute Gasteiger partial charge is 0.462 e. The van der Waals surface area contributed by atoms with Gasteiger partial charge in [0.2, 0.25) is 10.0 Å². The molecule has 0 spiro atoms. The Kier molecular flexibility index (Phi) is 6.81. The van der Waals surface area contributed by atoms with E-state index >= 15 is 0 Å². The van der Waals surface area contributed by atoms with Crippen molar-refractivity contribution in [2.45, 2.75) is 30.7 Å². The molecule has 0 saturated carbocycles. The summed E-state index contributed by atoms with van der Waals surface area (Å²) in [5.74, 6) is -0.380. The lowest BCUT2D eigenvalue weighted by molar-refractivity contribution is 0.0532. The van der Waals surface area contributed by atoms with E-state index in [1.54, 1.807) is 31.2 Å². The molecule has 1 saturated heterocycles. The Morgan fingerprint density at radius 2 is 2.20 bits per heavy atom. The minimum atomic E-state index is -3.57. The monoisotopic (exact) mass is 404 g/mol. The van der Waals surface area contributed by atoms with Crippen molar-refractivity contribution in [2.75, 3.05) is 19.7 Å². The number of esters is 1. The zero-order valence-electron chi connectivity index (χ0n) is 13.8. The molecule has 9 heteroatoms. The van der Waals surface area contributed by atoms with Crippen LogP contribution in [0.1, 0.15) is 29.4 Å². The molecule has 1 aromatic carbocycles. The van der Waals surface area contributed by atoms with Crippen LogP contribution in [0.25, 0.3) is 10.1 Å². The second-order valence-corrected chi connectivity index (χ2v) is 8.49. The van der Waals surface area contributed by atoms with Crippen LogP contribution in [0, 0.1) is 0 Å². The van der Waals surface area contributed by atoms with E-state index < -0.39 is 10.0 Å². The molecule has 3 rings (SSSR count). The predicted octanol–water partition coefficient (Wildman–Crippen LogP) is 2.53. The molecule has 0 unspecified atom stereocenters. The van der Waals surface area contributed by atoms with Crippen LogP contribution < -0.4 is 10.0 Å². The maximum Gasteiger partial charge on any atom is 0.348 e. The average Bonchev–Trinajstić information content (AvgIpc) is 2.99. The van der Waals surface area contributed by atoms with Crippen molar-refractivity contribution in [1.82, 2.24) is 10.0 Å². The van der Waals surface area contributed by atoms with Crippen LogP contribution in [0.15, 0.2) is 29.2 Å². The standard InChI is InChI=1S/C16H20N2O4S2.ClH/c1-2-22-16(19)15-9-11-8-13(5-6-14(11)23-15)24(20,21)18-12-4-3-7-17-10-12;/h5-6,8-9,12,17-18H,2-4,7,10H2,1H3;1H/t12-;/m0./s1. The number of sulfonamides is 1. The van der Waals surface area contributed by atoms with Gasteiger partial charge in [-0.25, -0.2) is 17.9 Å². The molecule has 2 N–H and O–H groups in total. The molecular weight excluding hydrogens is 384 g/mol. The number of piperidine rings is 1. The number of carbonyl (C=O) groups is 1. The topological polar surface area (TPSA) is 84.5 Å². The number of thiophene rings is 1. The summed E-state index contributed by atoms with van der Waals surface area (Å²) in [4.78, 5) is 12.5. The maximum absolute atomic E-state index is 12.6. The minimum absolute atomic E-state index is 0. The smallest absolute Gasteiger partial charge is 0.348 e. The van der Waals surface area contributed by atoms with E-state index in [2.05, 4.69) is 10.0 Å². The van der Waals surface area contributed by atoms with Crippen LogP contribution in [0.3, 0.4) is 0 Å². The molecular formula is C16H21ClN2O4S2. The van der Waals surface area contributed by atoms with Gasteiger partial charge in [-0.1, -0.05) is 0 Å². The van der Waals surface area contributed by atoms with Gasteiger partial charge >= 0.3 is 5.97 Å². The van der Waals surface area contributed by atoms with Crippen molar-refractivity contribution in [3.63, 3.8) is 0 Å². The van der Waals surface area contributed by atoms with Gasteiger partial charge in [-0.15, -0.1) is 23.7 Å². The van der Waals surface area contributed by atoms with Crippen molar-refractivity contribution in [3.8, 4) is 0 Å². The van der Waals surface area contributed by atoms with E-state index in [4.69, 9.17) is 4.74 Å². The van der Waals surface area contributed by atoms with Gasteiger partial charge in [0.05, 0.1) is 11.5 Å². The molecule has 1 aromatic heterocycles. The molecule has 0 bridgehead atoms. The van der Waals surface area contributed by atoms with E-state index in [1.807, 2.05) is 0 Å². The van der Waals surface area contributed by atoms with Crippen LogP contribution >= 0.6 is 23.7 Å². The third kappa shape index (κ3) is 4.71. The molecule has 1 fully saturated rings. The Balaban J connectivity index is 0.00000225. The third-order valence-electron chi connectivity index (χ3n) is 3.89. The Labute approximate surface area is 157 Å². The predicted molar refractivity (Wildman–Crippen MR) is 101 cm³/mol. The van der Waals surface area contributed by atoms with E-state index in [0.29, 0.717) is 18.0 Å². The number of rotatable bonds is 5. The van der Waals surface area contributed by atoms with Gasteiger partial charge in [0.25, 0.3) is 0 Å². The molecule has 138 valence electrons. The van der Waals surface area contributed by atoms with Crippen LogP contribution in [0.2, 0.25) is 0 Å². The lowest BCUT2D eigenvalue weighted by Gasteiger charge is -2.23. The third-order valence-corrected chi connectivity index (χ3v) is 6.51. The van der Waals surface area contributed by atoms with Gasteiger partial charge in [0.1, 0.15) is 4.88 Å². The first kappa shape index (κ1) is 20.1. The summed E-state index contributed by atoms with van der Waals surface area (Å²) in [5, 5.41) is 3.92. The Morgan fingerprint density at radius 3 is 2.88 bits per heavy atom. The number of carbonyl (C=O) groups excluding carboxylic acids is 1. The number of halogens is 1. The van der Waals surface area contributed by atoms with E-state index in [9.17, 15) is 13.2 Å². The van der Waals surface area contributed by atoms with Crippen LogP contribution in [0.4, 0.5) is 0 Å². The average molecular weight is 405 g/mol. The van der Waals surface area contributed by atoms with E-state index in [-0.39, 0.29) is 29.3 Å². The summed E-state index contributed by atoms with van der Waals surface area (Å²) in [6.45, 7) is 3.64. The lowest BCUT2D eigenvalue weighted by Crippen LogP contribution is -2.45. The summed E-state index contributed by atoms with van der Waals surface area (Å²) in [5.41, 5.74) is 0. The number of ether oxygens (including phenoxy) is 1. The van der Waals surface area contributed by atoms with Gasteiger partial charge in [0.15, 0.2) is 0 Å². The van der Waals surface area contributed by atoms with Gasteiger partial charge < -0.3 is 10.1 Å². The van der Waals surface area contributed by atoms with Gasteiger partial charge in [-0.3, -0.25) is 0 Å². The summed E-state index contributed by atoms with van der Waals surface area (Å²) in [7, 11) is -3.57. The van der Waals surface area contributed by atoms with Crippen molar-refractivity contribution in [1.29, 1.82) is 0 Å². The number of hydrogen-bond donors (Lipinski definition) is 2. The van der Waals surface area contributed by atoms with Gasteiger partial charge in [-0.2, -0.15) is 0 Å². The number of benzene rings is 1. The molecule has 25 heavy (non-hydrogen) atoms. The molecule has 0 amide bonds. The van der Waals surface area contributed by atoms with Crippen LogP contribution in [-0.4, -0.2) is 40.1 Å². The molecule has 1 atom stereocenters. The fourth-order valence-electron chi connectivity index (χ4n) is 2.73. The van der Waals surface area contributed by atoms with Crippen molar-refractivity contribution in [2.24, 2.45) is 0 Å². The lowest BCUT2D eigenvalue weighted by atomic mass is 10.1. The fourth-order valence-corrected chi connectivity index (χ4v) is 4.97. The van der Waals surface area contributed by atoms with Crippen LogP contribution in [-0.2, 0) is 14.8 Å². The molecule has 2 aromatic rings. The van der Waals surface area contributed by atoms with Gasteiger partial charge in [-0.05, 0) is 56.0 Å². The van der Waals surface area contributed by atoms with Gasteiger partial charge in [0, 0.05) is 17.3 Å². The molecule has 0 radical (unpaired) electrons. The Morgan fingerprint density at radius 1 is 1.40 bits per heavy atom. The molecule has 1 aliphatic heterocycles. The summed E-state index contributed by atoms with van der Waals surface area (Å²) in [6, 6.07) is 6.51. The van der Waals surface area contributed by atoms with Crippen molar-refractivity contribution in [3.05, 3.63) is 29.1 Å². The van der Waals surface area contributed by atoms with Crippen LogP contribution in [0.5, 0.6) is 0 Å². The minimum Gasteiger partial charge on any atom is -0.462 e. The Bertz CT molecular complexity index is 845. The number of hydrogen-bond acceptors (Lipinski definition) is 6. The zero-order chi connectivity index (χ0) is 17.2. The number of fused-ring (bicyclic) bond motifs is 1. The van der Waals surface area contributed by atoms with Crippen molar-refractivity contribution >= 4 is 49.8 Å². The second-order valence-electron chi connectivity index (χ2n) is 5.70. The van der Waals surface area contributed by atoms with E-state index in [0.717, 1.165) is 29.5 Å². The quantitative estimate of drug-likeness (QED) is 0.748. The van der Waals surface area contributed by atoms with Crippen molar-refractivity contribution < 1.29 is 17.9 Å². The highest BCUT2D eigenvalue weighted by Crippen LogP contribution is 2.28. The van der Waals surface area contributed by atoms with E-state index in [1.165, 1.54) is 11.3 Å². The first-order valence-corrected chi connectivity index (χ1v) is 10.2. The second kappa shape index (κ2) is 8.46. The highest BCUT2D eigenvalue weighted by molar-refractivity contribution is 7.89. The SMILES string of the molecule is CCOC(=O)c1cc2cc(S(=O)(=O)N[C@H]3CCCNC3)ccc2s1.Cl. The Hall–Kier alpha value is -1.19. The molecule has 0 aliphatic carbocycles. The fraction of sp³-hybridized carbons (Fsp3) is 0.438. The first-order chi connectivity index (χ1) is 11.5. The molecule has 2 heterocycles. The number of nitrogens with one attached hydrogen (secondary N) is 2. The first-order valence-electron chi connectivity index (χ1n) is 7.93. The maximum atomic E-state index is 12.6. The normalized spacial score (nSPS) is 17.9. The molecule has 6 nitrogen and oxygen atoms in total. The zero-order valence-corrected chi connectivity index (χ0v) is 16.2. The highest BCUT2D eigenvalue weighted by Gasteiger charge is 2.22. The molecule has 1 aliphatic rings. The summed E-state index contributed by atoms with van der Waals surface area (Å²) in [6.07, 6.45) is 1.79.